The number of fused-ring (bicyclic) bond motifs is 1. The maximum atomic E-state index is 13.0. The van der Waals surface area contributed by atoms with Gasteiger partial charge in [-0.3, -0.25) is 4.79 Å². The van der Waals surface area contributed by atoms with Gasteiger partial charge in [0.05, 0.1) is 5.56 Å². The molecule has 0 spiro atoms. The first-order valence-electron chi connectivity index (χ1n) is 8.67. The summed E-state index contributed by atoms with van der Waals surface area (Å²) in [4.78, 5) is 19.0. The van der Waals surface area contributed by atoms with Gasteiger partial charge in [-0.15, -0.1) is 0 Å². The molecule has 7 heteroatoms. The molecular weight excluding hydrogens is 320 g/mol. The van der Waals surface area contributed by atoms with Crippen molar-refractivity contribution < 1.29 is 14.1 Å². The first-order valence-corrected chi connectivity index (χ1v) is 8.67. The molecule has 0 bridgehead atoms. The summed E-state index contributed by atoms with van der Waals surface area (Å²) in [7, 11) is 0. The number of likely N-dealkylation sites (tertiary alicyclic amines) is 1. The van der Waals surface area contributed by atoms with Crippen molar-refractivity contribution in [3.63, 3.8) is 0 Å². The highest BCUT2D eigenvalue weighted by Crippen LogP contribution is 2.38. The Morgan fingerprint density at radius 2 is 2.20 bits per heavy atom. The van der Waals surface area contributed by atoms with Crippen molar-refractivity contribution in [2.75, 3.05) is 13.1 Å². The second-order valence-corrected chi connectivity index (χ2v) is 6.89. The van der Waals surface area contributed by atoms with E-state index in [1.54, 1.807) is 19.1 Å². The first kappa shape index (κ1) is 16.1. The van der Waals surface area contributed by atoms with Crippen LogP contribution in [0.15, 0.2) is 28.8 Å². The van der Waals surface area contributed by atoms with Gasteiger partial charge in [0.15, 0.2) is 6.61 Å². The van der Waals surface area contributed by atoms with E-state index < -0.39 is 0 Å². The van der Waals surface area contributed by atoms with Crippen LogP contribution in [0, 0.1) is 18.8 Å². The number of carbonyl (C=O) groups is 1. The molecule has 1 saturated heterocycles. The lowest BCUT2D eigenvalue weighted by Crippen LogP contribution is -2.33. The number of carbonyl (C=O) groups excluding carboxylic acids is 1. The highest BCUT2D eigenvalue weighted by Gasteiger charge is 2.42. The van der Waals surface area contributed by atoms with Gasteiger partial charge < -0.3 is 19.9 Å². The smallest absolute Gasteiger partial charge is 0.257 e. The van der Waals surface area contributed by atoms with Crippen LogP contribution in [0.5, 0.6) is 5.75 Å². The molecule has 7 nitrogen and oxygen atoms in total. The number of nitrogens with two attached hydrogens (primary N) is 1. The Labute approximate surface area is 146 Å². The second-order valence-electron chi connectivity index (χ2n) is 6.89. The Morgan fingerprint density at radius 1 is 1.36 bits per heavy atom. The van der Waals surface area contributed by atoms with Crippen molar-refractivity contribution >= 4 is 5.91 Å². The van der Waals surface area contributed by atoms with Crippen molar-refractivity contribution in [1.29, 1.82) is 0 Å². The summed E-state index contributed by atoms with van der Waals surface area (Å²) in [5, 5.41) is 3.81. The number of amides is 1. The quantitative estimate of drug-likeness (QED) is 0.910. The number of aryl methyl sites for hydroxylation is 1. The molecule has 2 fully saturated rings. The average molecular weight is 342 g/mol. The summed E-state index contributed by atoms with van der Waals surface area (Å²) < 4.78 is 10.7. The summed E-state index contributed by atoms with van der Waals surface area (Å²) in [6.07, 6.45) is 2.19. The zero-order valence-corrected chi connectivity index (χ0v) is 14.2. The molecule has 2 heterocycles. The Kier molecular flexibility index (Phi) is 4.17. The van der Waals surface area contributed by atoms with Crippen LogP contribution >= 0.6 is 0 Å². The molecule has 1 aromatic heterocycles. The second kappa shape index (κ2) is 6.48. The lowest BCUT2D eigenvalue weighted by atomic mass is 9.98. The van der Waals surface area contributed by atoms with Crippen LogP contribution in [0.2, 0.25) is 0 Å². The third kappa shape index (κ3) is 3.11. The van der Waals surface area contributed by atoms with Crippen LogP contribution in [0.3, 0.4) is 0 Å². The van der Waals surface area contributed by atoms with E-state index in [1.807, 2.05) is 17.0 Å². The summed E-state index contributed by atoms with van der Waals surface area (Å²) in [5.74, 6) is 2.45. The van der Waals surface area contributed by atoms with Crippen molar-refractivity contribution in [3.8, 4) is 5.75 Å². The molecule has 1 saturated carbocycles. The molecule has 25 heavy (non-hydrogen) atoms. The molecular formula is C18H22N4O3. The molecule has 2 N–H and O–H groups in total. The number of aromatic nitrogens is 2. The van der Waals surface area contributed by atoms with E-state index in [1.165, 1.54) is 0 Å². The monoisotopic (exact) mass is 342 g/mol. The van der Waals surface area contributed by atoms with Crippen LogP contribution in [-0.2, 0) is 6.61 Å². The molecule has 3 atom stereocenters. The minimum atomic E-state index is 0.00138. The van der Waals surface area contributed by atoms with Gasteiger partial charge in [0.2, 0.25) is 11.7 Å². The minimum Gasteiger partial charge on any atom is -0.485 e. The molecule has 0 radical (unpaired) electrons. The number of rotatable bonds is 4. The zero-order chi connectivity index (χ0) is 17.4. The number of hydrogen-bond acceptors (Lipinski definition) is 6. The summed E-state index contributed by atoms with van der Waals surface area (Å²) in [6, 6.07) is 7.51. The third-order valence-corrected chi connectivity index (χ3v) is 5.24. The number of ether oxygens (including phenoxy) is 1. The van der Waals surface area contributed by atoms with Crippen molar-refractivity contribution in [2.45, 2.75) is 32.4 Å². The molecule has 1 aromatic carbocycles. The molecule has 2 aromatic rings. The fourth-order valence-electron chi connectivity index (χ4n) is 3.96. The zero-order valence-electron chi connectivity index (χ0n) is 14.2. The van der Waals surface area contributed by atoms with Crippen LogP contribution in [0.4, 0.5) is 0 Å². The van der Waals surface area contributed by atoms with E-state index in [9.17, 15) is 4.79 Å². The summed E-state index contributed by atoms with van der Waals surface area (Å²) in [5.41, 5.74) is 6.75. The molecule has 2 aliphatic rings. The Hall–Kier alpha value is -2.41. The maximum Gasteiger partial charge on any atom is 0.257 e. The highest BCUT2D eigenvalue weighted by atomic mass is 16.5. The highest BCUT2D eigenvalue weighted by molar-refractivity contribution is 5.97. The van der Waals surface area contributed by atoms with Crippen LogP contribution in [0.25, 0.3) is 0 Å². The lowest BCUT2D eigenvalue weighted by molar-refractivity contribution is 0.0774. The predicted molar refractivity (Wildman–Crippen MR) is 89.9 cm³/mol. The molecule has 4 rings (SSSR count). The molecule has 132 valence electrons. The number of para-hydroxylation sites is 1. The fourth-order valence-corrected chi connectivity index (χ4v) is 3.96. The normalized spacial score (nSPS) is 25.2. The largest absolute Gasteiger partial charge is 0.485 e. The predicted octanol–water partition coefficient (Wildman–Crippen LogP) is 1.77. The van der Waals surface area contributed by atoms with Gasteiger partial charge in [0.1, 0.15) is 5.75 Å². The van der Waals surface area contributed by atoms with E-state index in [2.05, 4.69) is 10.1 Å². The molecule has 1 aliphatic heterocycles. The van der Waals surface area contributed by atoms with Gasteiger partial charge in [-0.05, 0) is 36.8 Å². The van der Waals surface area contributed by atoms with Gasteiger partial charge in [0, 0.05) is 26.1 Å². The van der Waals surface area contributed by atoms with Gasteiger partial charge in [0.25, 0.3) is 5.91 Å². The van der Waals surface area contributed by atoms with Crippen LogP contribution in [0.1, 0.15) is 34.9 Å². The third-order valence-electron chi connectivity index (χ3n) is 5.24. The number of benzene rings is 1. The van der Waals surface area contributed by atoms with E-state index in [4.69, 9.17) is 15.0 Å². The lowest BCUT2D eigenvalue weighted by Gasteiger charge is -2.20. The van der Waals surface area contributed by atoms with E-state index >= 15 is 0 Å². The number of nitrogens with zero attached hydrogens (tertiary/aromatic N) is 3. The standard InChI is InChI=1S/C18H22N4O3/c1-11-20-17(21-25-11)10-24-16-5-3-2-4-13(16)18(23)22-8-12-6-7-15(19)14(12)9-22/h2-5,12,14-15H,6-10,19H2,1H3. The average Bonchev–Trinajstić information content (AvgIpc) is 3.31. The topological polar surface area (TPSA) is 94.5 Å². The van der Waals surface area contributed by atoms with E-state index in [-0.39, 0.29) is 18.6 Å². The van der Waals surface area contributed by atoms with Crippen molar-refractivity contribution in [2.24, 2.45) is 17.6 Å². The Morgan fingerprint density at radius 3 is 2.96 bits per heavy atom. The van der Waals surface area contributed by atoms with Crippen LogP contribution < -0.4 is 10.5 Å². The van der Waals surface area contributed by atoms with Crippen molar-refractivity contribution in [3.05, 3.63) is 41.5 Å². The van der Waals surface area contributed by atoms with Crippen molar-refractivity contribution in [1.82, 2.24) is 15.0 Å². The van der Waals surface area contributed by atoms with E-state index in [0.717, 1.165) is 25.9 Å². The first-order chi connectivity index (χ1) is 12.1. The van der Waals surface area contributed by atoms with Crippen LogP contribution in [-0.4, -0.2) is 40.1 Å². The van der Waals surface area contributed by atoms with Gasteiger partial charge in [-0.2, -0.15) is 4.98 Å². The maximum absolute atomic E-state index is 13.0. The van der Waals surface area contributed by atoms with Gasteiger partial charge >= 0.3 is 0 Å². The van der Waals surface area contributed by atoms with Gasteiger partial charge in [-0.1, -0.05) is 17.3 Å². The Balaban J connectivity index is 1.47. The summed E-state index contributed by atoms with van der Waals surface area (Å²) in [6.45, 7) is 3.42. The summed E-state index contributed by atoms with van der Waals surface area (Å²) >= 11 is 0. The van der Waals surface area contributed by atoms with Gasteiger partial charge in [-0.25, -0.2) is 0 Å². The van der Waals surface area contributed by atoms with E-state index in [0.29, 0.717) is 34.9 Å². The SMILES string of the molecule is Cc1nc(COc2ccccc2C(=O)N2CC3CCC(N)C3C2)no1. The Bertz CT molecular complexity index is 775. The fraction of sp³-hybridized carbons (Fsp3) is 0.500. The molecule has 1 amide bonds. The number of hydrogen-bond donors (Lipinski definition) is 1. The minimum absolute atomic E-state index is 0.00138. The molecule has 1 aliphatic carbocycles. The molecule has 3 unspecified atom stereocenters.